The molecule has 1 aromatic heterocycles. The molecule has 0 amide bonds. The zero-order chi connectivity index (χ0) is 14.8. The van der Waals surface area contributed by atoms with Gasteiger partial charge in [0.2, 0.25) is 0 Å². The van der Waals surface area contributed by atoms with E-state index >= 15 is 0 Å². The first-order valence-corrected chi connectivity index (χ1v) is 6.53. The predicted molar refractivity (Wildman–Crippen MR) is 78.7 cm³/mol. The molecule has 0 saturated carbocycles. The second kappa shape index (κ2) is 5.29. The summed E-state index contributed by atoms with van der Waals surface area (Å²) in [5.74, 6) is 0.336. The molecule has 3 rings (SSSR count). The Labute approximate surface area is 121 Å². The van der Waals surface area contributed by atoms with Crippen molar-refractivity contribution in [2.24, 2.45) is 0 Å². The van der Waals surface area contributed by atoms with Gasteiger partial charge in [0.05, 0.1) is 18.2 Å². The zero-order valence-electron chi connectivity index (χ0n) is 11.5. The second-order valence-corrected chi connectivity index (χ2v) is 4.76. The maximum absolute atomic E-state index is 13.7. The monoisotopic (exact) mass is 280 g/mol. The van der Waals surface area contributed by atoms with E-state index in [0.717, 1.165) is 11.1 Å². The van der Waals surface area contributed by atoms with E-state index in [4.69, 9.17) is 10.00 Å². The molecule has 3 aromatic rings. The summed E-state index contributed by atoms with van der Waals surface area (Å²) >= 11 is 0. The van der Waals surface area contributed by atoms with Gasteiger partial charge in [0.15, 0.2) is 0 Å². The van der Waals surface area contributed by atoms with Gasteiger partial charge >= 0.3 is 0 Å². The van der Waals surface area contributed by atoms with E-state index in [1.807, 2.05) is 22.9 Å². The molecule has 0 spiro atoms. The smallest absolute Gasteiger partial charge is 0.136 e. The number of benzene rings is 2. The summed E-state index contributed by atoms with van der Waals surface area (Å²) < 4.78 is 20.8. The molecule has 0 unspecified atom stereocenters. The van der Waals surface area contributed by atoms with Crippen molar-refractivity contribution in [2.75, 3.05) is 7.11 Å². The van der Waals surface area contributed by atoms with Crippen molar-refractivity contribution >= 4 is 10.9 Å². The fraction of sp³-hybridized carbons (Fsp3) is 0.118. The minimum atomic E-state index is -0.223. The average molecular weight is 280 g/mol. The van der Waals surface area contributed by atoms with Gasteiger partial charge < -0.3 is 9.30 Å². The third kappa shape index (κ3) is 2.34. The number of fused-ring (bicyclic) bond motifs is 1. The van der Waals surface area contributed by atoms with Crippen molar-refractivity contribution in [3.8, 4) is 11.8 Å². The summed E-state index contributed by atoms with van der Waals surface area (Å²) in [7, 11) is 1.54. The van der Waals surface area contributed by atoms with Gasteiger partial charge in [-0.3, -0.25) is 0 Å². The molecule has 21 heavy (non-hydrogen) atoms. The van der Waals surface area contributed by atoms with Gasteiger partial charge in [-0.2, -0.15) is 5.26 Å². The number of hydrogen-bond donors (Lipinski definition) is 0. The molecular formula is C17H13FN2O. The quantitative estimate of drug-likeness (QED) is 0.733. The first-order valence-electron chi connectivity index (χ1n) is 6.53. The Kier molecular flexibility index (Phi) is 3.33. The standard InChI is InChI=1S/C17H13FN2O/c1-21-17-6-5-12(9-13(17)10-19)11-20-8-7-14-15(18)3-2-4-16(14)20/h2-9H,11H2,1H3. The Morgan fingerprint density at radius 1 is 1.24 bits per heavy atom. The summed E-state index contributed by atoms with van der Waals surface area (Å²) in [5, 5.41) is 9.73. The largest absolute Gasteiger partial charge is 0.495 e. The molecule has 1 heterocycles. The first kappa shape index (κ1) is 13.2. The van der Waals surface area contributed by atoms with Crippen LogP contribution in [-0.2, 0) is 6.54 Å². The molecule has 0 aliphatic rings. The van der Waals surface area contributed by atoms with Gasteiger partial charge in [-0.15, -0.1) is 0 Å². The van der Waals surface area contributed by atoms with Crippen LogP contribution in [0.1, 0.15) is 11.1 Å². The van der Waals surface area contributed by atoms with Crippen molar-refractivity contribution in [3.63, 3.8) is 0 Å². The Balaban J connectivity index is 1.99. The lowest BCUT2D eigenvalue weighted by atomic mass is 10.1. The van der Waals surface area contributed by atoms with E-state index in [2.05, 4.69) is 6.07 Å². The topological polar surface area (TPSA) is 38.0 Å². The number of hydrogen-bond acceptors (Lipinski definition) is 2. The Morgan fingerprint density at radius 3 is 2.86 bits per heavy atom. The minimum Gasteiger partial charge on any atom is -0.495 e. The number of rotatable bonds is 3. The van der Waals surface area contributed by atoms with E-state index in [-0.39, 0.29) is 5.82 Å². The molecular weight excluding hydrogens is 267 g/mol. The molecule has 0 N–H and O–H groups in total. The van der Waals surface area contributed by atoms with Gasteiger partial charge in [-0.05, 0) is 35.9 Å². The number of nitrogens with zero attached hydrogens (tertiary/aromatic N) is 2. The minimum absolute atomic E-state index is 0.223. The van der Waals surface area contributed by atoms with E-state index in [1.165, 1.54) is 13.2 Å². The molecule has 0 bridgehead atoms. The van der Waals surface area contributed by atoms with E-state index in [0.29, 0.717) is 23.2 Å². The highest BCUT2D eigenvalue weighted by Crippen LogP contribution is 2.22. The molecule has 0 fully saturated rings. The van der Waals surface area contributed by atoms with Crippen LogP contribution in [0.4, 0.5) is 4.39 Å². The lowest BCUT2D eigenvalue weighted by Crippen LogP contribution is -1.99. The molecule has 0 atom stereocenters. The van der Waals surface area contributed by atoms with E-state index in [1.54, 1.807) is 24.3 Å². The summed E-state index contributed by atoms with van der Waals surface area (Å²) in [6.07, 6.45) is 1.85. The van der Waals surface area contributed by atoms with Crippen LogP contribution >= 0.6 is 0 Å². The SMILES string of the molecule is COc1ccc(Cn2ccc3c(F)cccc32)cc1C#N. The maximum Gasteiger partial charge on any atom is 0.136 e. The second-order valence-electron chi connectivity index (χ2n) is 4.76. The van der Waals surface area contributed by atoms with Crippen LogP contribution in [0.5, 0.6) is 5.75 Å². The van der Waals surface area contributed by atoms with Crippen molar-refractivity contribution in [3.05, 3.63) is 65.6 Å². The van der Waals surface area contributed by atoms with Gasteiger partial charge in [0.25, 0.3) is 0 Å². The third-order valence-corrected chi connectivity index (χ3v) is 3.50. The predicted octanol–water partition coefficient (Wildman–Crippen LogP) is 3.71. The molecule has 3 nitrogen and oxygen atoms in total. The summed E-state index contributed by atoms with van der Waals surface area (Å²) in [6.45, 7) is 0.575. The van der Waals surface area contributed by atoms with E-state index < -0.39 is 0 Å². The number of ether oxygens (including phenoxy) is 1. The molecule has 0 saturated heterocycles. The van der Waals surface area contributed by atoms with Crippen molar-refractivity contribution in [1.82, 2.24) is 4.57 Å². The molecule has 2 aromatic carbocycles. The number of aromatic nitrogens is 1. The molecule has 0 aliphatic carbocycles. The van der Waals surface area contributed by atoms with Gasteiger partial charge in [-0.1, -0.05) is 12.1 Å². The van der Waals surface area contributed by atoms with Crippen LogP contribution in [0.25, 0.3) is 10.9 Å². The number of methoxy groups -OCH3 is 1. The van der Waals surface area contributed by atoms with Crippen LogP contribution in [0.3, 0.4) is 0 Å². The van der Waals surface area contributed by atoms with Crippen LogP contribution < -0.4 is 4.74 Å². The van der Waals surface area contributed by atoms with Crippen LogP contribution in [0.15, 0.2) is 48.7 Å². The van der Waals surface area contributed by atoms with Crippen molar-refractivity contribution in [1.29, 1.82) is 5.26 Å². The lowest BCUT2D eigenvalue weighted by molar-refractivity contribution is 0.413. The fourth-order valence-electron chi connectivity index (χ4n) is 2.46. The summed E-state index contributed by atoms with van der Waals surface area (Å²) in [6, 6.07) is 14.4. The Bertz CT molecular complexity index is 846. The average Bonchev–Trinajstić information content (AvgIpc) is 2.92. The van der Waals surface area contributed by atoms with Crippen LogP contribution in [0, 0.1) is 17.1 Å². The molecule has 104 valence electrons. The van der Waals surface area contributed by atoms with Gasteiger partial charge in [-0.25, -0.2) is 4.39 Å². The van der Waals surface area contributed by atoms with E-state index in [9.17, 15) is 4.39 Å². The van der Waals surface area contributed by atoms with Gasteiger partial charge in [0, 0.05) is 18.1 Å². The summed E-state index contributed by atoms with van der Waals surface area (Å²) in [5.41, 5.74) is 2.30. The Hall–Kier alpha value is -2.80. The molecule has 0 radical (unpaired) electrons. The normalized spacial score (nSPS) is 10.5. The molecule has 4 heteroatoms. The third-order valence-electron chi connectivity index (χ3n) is 3.50. The number of nitriles is 1. The lowest BCUT2D eigenvalue weighted by Gasteiger charge is -2.08. The fourth-order valence-corrected chi connectivity index (χ4v) is 2.46. The van der Waals surface area contributed by atoms with Crippen molar-refractivity contribution < 1.29 is 9.13 Å². The number of halogens is 1. The highest BCUT2D eigenvalue weighted by atomic mass is 19.1. The highest BCUT2D eigenvalue weighted by molar-refractivity contribution is 5.80. The zero-order valence-corrected chi connectivity index (χ0v) is 11.5. The van der Waals surface area contributed by atoms with Crippen LogP contribution in [-0.4, -0.2) is 11.7 Å². The summed E-state index contributed by atoms with van der Waals surface area (Å²) in [4.78, 5) is 0. The Morgan fingerprint density at radius 2 is 2.10 bits per heavy atom. The van der Waals surface area contributed by atoms with Gasteiger partial charge in [0.1, 0.15) is 17.6 Å². The highest BCUT2D eigenvalue weighted by Gasteiger charge is 2.08. The molecule has 0 aliphatic heterocycles. The first-order chi connectivity index (χ1) is 10.2. The van der Waals surface area contributed by atoms with Crippen LogP contribution in [0.2, 0.25) is 0 Å². The van der Waals surface area contributed by atoms with Crippen molar-refractivity contribution in [2.45, 2.75) is 6.54 Å². The maximum atomic E-state index is 13.7.